The van der Waals surface area contributed by atoms with Crippen molar-refractivity contribution in [1.82, 2.24) is 14.8 Å². The summed E-state index contributed by atoms with van der Waals surface area (Å²) in [5.74, 6) is 0. The Morgan fingerprint density at radius 1 is 1.19 bits per heavy atom. The summed E-state index contributed by atoms with van der Waals surface area (Å²) in [5.41, 5.74) is 2.98. The van der Waals surface area contributed by atoms with Crippen molar-refractivity contribution in [2.24, 2.45) is 0 Å². The summed E-state index contributed by atoms with van der Waals surface area (Å²) in [7, 11) is 0. The minimum absolute atomic E-state index is 0.0335. The second-order valence-electron chi connectivity index (χ2n) is 9.43. The van der Waals surface area contributed by atoms with Crippen LogP contribution in [0.25, 0.3) is 22.0 Å². The molecule has 3 heterocycles. The third-order valence-corrected chi connectivity index (χ3v) is 7.65. The van der Waals surface area contributed by atoms with Crippen molar-refractivity contribution < 1.29 is 23.0 Å². The summed E-state index contributed by atoms with van der Waals surface area (Å²) < 4.78 is 48.7. The fraction of sp³-hybridized carbons (Fsp3) is 0.370. The van der Waals surface area contributed by atoms with Gasteiger partial charge in [0.1, 0.15) is 11.1 Å². The molecule has 1 saturated heterocycles. The second kappa shape index (κ2) is 9.61. The van der Waals surface area contributed by atoms with Gasteiger partial charge in [-0.3, -0.25) is 4.68 Å². The van der Waals surface area contributed by atoms with Crippen LogP contribution in [-0.2, 0) is 22.9 Å². The molecule has 0 radical (unpaired) electrons. The second-order valence-corrected chi connectivity index (χ2v) is 10.3. The Kier molecular flexibility index (Phi) is 6.65. The first-order valence-corrected chi connectivity index (χ1v) is 13.1. The molecule has 2 aromatic heterocycles. The van der Waals surface area contributed by atoms with Crippen LogP contribution in [-0.4, -0.2) is 39.3 Å². The lowest BCUT2D eigenvalue weighted by Crippen LogP contribution is -2.34. The van der Waals surface area contributed by atoms with E-state index < -0.39 is 11.7 Å². The zero-order chi connectivity index (χ0) is 25.5. The van der Waals surface area contributed by atoms with Crippen LogP contribution in [0.5, 0.6) is 0 Å². The smallest absolute Gasteiger partial charge is 0.394 e. The van der Waals surface area contributed by atoms with Crippen molar-refractivity contribution in [1.29, 1.82) is 0 Å². The monoisotopic (exact) mass is 515 g/mol. The van der Waals surface area contributed by atoms with E-state index in [1.54, 1.807) is 10.7 Å². The van der Waals surface area contributed by atoms with E-state index >= 15 is 0 Å². The first kappa shape index (κ1) is 24.9. The Bertz CT molecular complexity index is 1380. The lowest BCUT2D eigenvalue weighted by Gasteiger charge is -2.38. The summed E-state index contributed by atoms with van der Waals surface area (Å²) >= 11 is 1.53. The topological polar surface area (TPSA) is 63.1 Å². The highest BCUT2D eigenvalue weighted by Gasteiger charge is 2.40. The number of hydrogen-bond acceptors (Lipinski definition) is 4. The van der Waals surface area contributed by atoms with Gasteiger partial charge in [-0.2, -0.15) is 18.3 Å². The number of aliphatic hydroxyl groups is 1. The molecule has 4 aromatic rings. The van der Waals surface area contributed by atoms with E-state index in [1.807, 2.05) is 36.6 Å². The Morgan fingerprint density at radius 3 is 2.75 bits per heavy atom. The Morgan fingerprint density at radius 2 is 2.00 bits per heavy atom. The normalized spacial score (nSPS) is 20.8. The highest BCUT2D eigenvalue weighted by Crippen LogP contribution is 2.48. The molecule has 36 heavy (non-hydrogen) atoms. The maximum Gasteiger partial charge on any atom is 0.416 e. The van der Waals surface area contributed by atoms with E-state index in [0.29, 0.717) is 31.6 Å². The van der Waals surface area contributed by atoms with Crippen molar-refractivity contribution in [3.8, 4) is 11.1 Å². The average molecular weight is 516 g/mol. The Labute approximate surface area is 211 Å². The molecular weight excluding hydrogens is 487 g/mol. The lowest BCUT2D eigenvalue weighted by atomic mass is 9.74. The Hall–Kier alpha value is -2.75. The van der Waals surface area contributed by atoms with Crippen LogP contribution in [0.1, 0.15) is 42.8 Å². The number of ether oxygens (including phenoxy) is 1. The van der Waals surface area contributed by atoms with E-state index in [9.17, 15) is 18.3 Å². The van der Waals surface area contributed by atoms with Gasteiger partial charge in [0.05, 0.1) is 24.4 Å². The summed E-state index contributed by atoms with van der Waals surface area (Å²) in [6.45, 7) is 2.98. The number of aromatic nitrogens is 3. The molecule has 0 aliphatic carbocycles. The van der Waals surface area contributed by atoms with Gasteiger partial charge in [0.15, 0.2) is 0 Å². The highest BCUT2D eigenvalue weighted by molar-refractivity contribution is 7.98. The predicted molar refractivity (Wildman–Crippen MR) is 135 cm³/mol. The third kappa shape index (κ3) is 4.55. The van der Waals surface area contributed by atoms with Crippen LogP contribution >= 0.6 is 11.8 Å². The molecule has 9 heteroatoms. The van der Waals surface area contributed by atoms with Crippen LogP contribution in [0.3, 0.4) is 0 Å². The van der Waals surface area contributed by atoms with Gasteiger partial charge in [-0.05, 0) is 48.9 Å². The number of nitrogens with one attached hydrogen (secondary N) is 1. The van der Waals surface area contributed by atoms with E-state index in [1.165, 1.54) is 23.9 Å². The molecule has 1 aliphatic heterocycles. The SMILES string of the molecule is CSc1cc(C2CC(C)(c3[nH]c4ccccc4c3-c3cccc(C(F)(F)F)c3)CCO2)n(CCO)n1. The number of benzene rings is 2. The number of rotatable bonds is 6. The van der Waals surface area contributed by atoms with Crippen LogP contribution in [0.4, 0.5) is 13.2 Å². The minimum Gasteiger partial charge on any atom is -0.394 e. The van der Waals surface area contributed by atoms with E-state index in [-0.39, 0.29) is 18.1 Å². The number of aromatic amines is 1. The number of halogens is 3. The van der Waals surface area contributed by atoms with E-state index in [2.05, 4.69) is 17.0 Å². The lowest BCUT2D eigenvalue weighted by molar-refractivity contribution is -0.137. The van der Waals surface area contributed by atoms with Crippen LogP contribution in [0.15, 0.2) is 59.6 Å². The zero-order valence-electron chi connectivity index (χ0n) is 20.1. The molecular formula is C27H28F3N3O2S. The van der Waals surface area contributed by atoms with Gasteiger partial charge in [-0.25, -0.2) is 0 Å². The van der Waals surface area contributed by atoms with Crippen molar-refractivity contribution in [2.45, 2.75) is 49.0 Å². The number of H-pyrrole nitrogens is 1. The summed E-state index contributed by atoms with van der Waals surface area (Å²) in [5, 5.41) is 15.9. The summed E-state index contributed by atoms with van der Waals surface area (Å²) in [6.07, 6.45) is -1.39. The van der Waals surface area contributed by atoms with E-state index in [4.69, 9.17) is 4.74 Å². The van der Waals surface area contributed by atoms with Crippen molar-refractivity contribution in [2.75, 3.05) is 19.5 Å². The fourth-order valence-corrected chi connectivity index (χ4v) is 5.62. The molecule has 2 N–H and O–H groups in total. The molecule has 5 nitrogen and oxygen atoms in total. The maximum atomic E-state index is 13.6. The van der Waals surface area contributed by atoms with Gasteiger partial charge in [0, 0.05) is 34.2 Å². The number of hydrogen-bond donors (Lipinski definition) is 2. The standard InChI is InChI=1S/C27H28F3N3O2S/c1-26(10-13-35-22(16-26)21-15-23(36-2)32-33(21)11-12-34)25-24(19-8-3-4-9-20(19)31-25)17-6-5-7-18(14-17)27(28,29)30/h3-9,14-15,22,31,34H,10-13,16H2,1-2H3. The Balaban J connectivity index is 1.61. The van der Waals surface area contributed by atoms with E-state index in [0.717, 1.165) is 38.9 Å². The third-order valence-electron chi connectivity index (χ3n) is 7.04. The zero-order valence-corrected chi connectivity index (χ0v) is 20.9. The molecule has 1 aliphatic rings. The van der Waals surface area contributed by atoms with Gasteiger partial charge in [0.25, 0.3) is 0 Å². The summed E-state index contributed by atoms with van der Waals surface area (Å²) in [6, 6.07) is 15.3. The molecule has 0 saturated carbocycles. The number of thioether (sulfide) groups is 1. The minimum atomic E-state index is -4.42. The van der Waals surface area contributed by atoms with Crippen molar-refractivity contribution >= 4 is 22.7 Å². The highest BCUT2D eigenvalue weighted by atomic mass is 32.2. The van der Waals surface area contributed by atoms with Gasteiger partial charge in [-0.15, -0.1) is 11.8 Å². The maximum absolute atomic E-state index is 13.6. The number of para-hydroxylation sites is 1. The number of aliphatic hydroxyl groups excluding tert-OH is 1. The molecule has 0 bridgehead atoms. The quantitative estimate of drug-likeness (QED) is 0.285. The van der Waals surface area contributed by atoms with Crippen LogP contribution in [0.2, 0.25) is 0 Å². The van der Waals surface area contributed by atoms with Crippen LogP contribution in [0, 0.1) is 0 Å². The summed E-state index contributed by atoms with van der Waals surface area (Å²) in [4.78, 5) is 3.56. The molecule has 5 rings (SSSR count). The van der Waals surface area contributed by atoms with Gasteiger partial charge in [0.2, 0.25) is 0 Å². The van der Waals surface area contributed by atoms with Gasteiger partial charge in [-0.1, -0.05) is 37.3 Å². The first-order chi connectivity index (χ1) is 17.2. The number of nitrogens with zero attached hydrogens (tertiary/aromatic N) is 2. The molecule has 190 valence electrons. The number of alkyl halides is 3. The molecule has 1 fully saturated rings. The first-order valence-electron chi connectivity index (χ1n) is 11.9. The molecule has 0 amide bonds. The largest absolute Gasteiger partial charge is 0.416 e. The van der Waals surface area contributed by atoms with Gasteiger partial charge < -0.3 is 14.8 Å². The number of fused-ring (bicyclic) bond motifs is 1. The van der Waals surface area contributed by atoms with Crippen LogP contribution < -0.4 is 0 Å². The van der Waals surface area contributed by atoms with Crippen molar-refractivity contribution in [3.05, 3.63) is 71.5 Å². The molecule has 0 spiro atoms. The van der Waals surface area contributed by atoms with Gasteiger partial charge >= 0.3 is 6.18 Å². The fourth-order valence-electron chi connectivity index (χ4n) is 5.20. The average Bonchev–Trinajstić information content (AvgIpc) is 3.46. The molecule has 2 atom stereocenters. The predicted octanol–water partition coefficient (Wildman–Crippen LogP) is 6.57. The molecule has 2 aromatic carbocycles. The van der Waals surface area contributed by atoms with Crippen molar-refractivity contribution in [3.63, 3.8) is 0 Å². The molecule has 2 unspecified atom stereocenters.